The number of alkyl halides is 3. The average Bonchev–Trinajstić information content (AvgIpc) is 2.20. The minimum absolute atomic E-state index is 0.217. The van der Waals surface area contributed by atoms with E-state index in [0.717, 1.165) is 0 Å². The molecular weight excluding hydrogens is 242 g/mol. The van der Waals surface area contributed by atoms with Gasteiger partial charge in [0.1, 0.15) is 6.42 Å². The number of pyridine rings is 1. The molecule has 90 valence electrons. The number of amides is 1. The average molecular weight is 247 g/mol. The maximum Gasteiger partial charge on any atom is 0.417 e. The number of hydrogen-bond acceptors (Lipinski definition) is 3. The quantitative estimate of drug-likeness (QED) is 0.813. The first-order valence-electron chi connectivity index (χ1n) is 4.24. The van der Waals surface area contributed by atoms with Crippen LogP contribution in [-0.2, 0) is 11.0 Å². The summed E-state index contributed by atoms with van der Waals surface area (Å²) in [6.45, 7) is 0. The van der Waals surface area contributed by atoms with Crippen LogP contribution < -0.4 is 5.32 Å². The molecule has 1 heterocycles. The monoisotopic (exact) mass is 247 g/mol. The van der Waals surface area contributed by atoms with Crippen LogP contribution in [0.4, 0.5) is 23.4 Å². The Morgan fingerprint density at radius 1 is 1.53 bits per heavy atom. The van der Waals surface area contributed by atoms with Gasteiger partial charge in [-0.05, 0) is 6.07 Å². The lowest BCUT2D eigenvalue weighted by Gasteiger charge is -2.08. The van der Waals surface area contributed by atoms with Crippen LogP contribution >= 0.6 is 0 Å². The molecule has 0 spiro atoms. The summed E-state index contributed by atoms with van der Waals surface area (Å²) < 4.78 is 49.6. The van der Waals surface area contributed by atoms with Crippen LogP contribution in [0.3, 0.4) is 0 Å². The molecule has 17 heavy (non-hydrogen) atoms. The van der Waals surface area contributed by atoms with Gasteiger partial charge in [0, 0.05) is 6.20 Å². The highest BCUT2D eigenvalue weighted by molar-refractivity contribution is 5.91. The number of anilines is 1. The Hall–Kier alpha value is -2.17. The molecule has 1 rings (SSSR count). The molecule has 0 aliphatic rings. The van der Waals surface area contributed by atoms with E-state index in [1.807, 2.05) is 5.32 Å². The molecule has 1 aromatic rings. The summed E-state index contributed by atoms with van der Waals surface area (Å²) in [6, 6.07) is 1.72. The van der Waals surface area contributed by atoms with Crippen molar-refractivity contribution in [2.45, 2.75) is 12.6 Å². The molecule has 0 aliphatic carbocycles. The smallest absolute Gasteiger partial charge is 0.307 e. The fraction of sp³-hybridized carbons (Fsp3) is 0.222. The van der Waals surface area contributed by atoms with E-state index >= 15 is 0 Å². The Morgan fingerprint density at radius 2 is 2.18 bits per heavy atom. The minimum Gasteiger partial charge on any atom is -0.307 e. The summed E-state index contributed by atoms with van der Waals surface area (Å²) in [5, 5.41) is 10.0. The lowest BCUT2D eigenvalue weighted by atomic mass is 10.2. The molecular formula is C9H5F4N3O. The van der Waals surface area contributed by atoms with Crippen LogP contribution in [0.2, 0.25) is 0 Å². The van der Waals surface area contributed by atoms with E-state index in [-0.39, 0.29) is 6.07 Å². The molecule has 0 saturated carbocycles. The van der Waals surface area contributed by atoms with Crippen molar-refractivity contribution in [1.29, 1.82) is 5.26 Å². The number of aromatic nitrogens is 1. The fourth-order valence-electron chi connectivity index (χ4n) is 0.933. The lowest BCUT2D eigenvalue weighted by molar-refractivity contribution is -0.138. The van der Waals surface area contributed by atoms with Gasteiger partial charge < -0.3 is 5.32 Å². The zero-order valence-corrected chi connectivity index (χ0v) is 8.18. The van der Waals surface area contributed by atoms with Gasteiger partial charge in [-0.1, -0.05) is 0 Å². The highest BCUT2D eigenvalue weighted by atomic mass is 19.4. The van der Waals surface area contributed by atoms with Crippen molar-refractivity contribution in [3.63, 3.8) is 0 Å². The number of nitriles is 1. The number of nitrogens with one attached hydrogen (secondary N) is 1. The zero-order valence-electron chi connectivity index (χ0n) is 8.18. The molecule has 0 fully saturated rings. The first-order valence-corrected chi connectivity index (χ1v) is 4.24. The summed E-state index contributed by atoms with van der Waals surface area (Å²) in [5.74, 6) is -2.80. The maximum absolute atomic E-state index is 13.1. The molecule has 0 unspecified atom stereocenters. The molecule has 0 bridgehead atoms. The molecule has 4 nitrogen and oxygen atoms in total. The molecule has 1 aromatic heterocycles. The van der Waals surface area contributed by atoms with Gasteiger partial charge in [0.2, 0.25) is 5.91 Å². The Morgan fingerprint density at radius 3 is 2.65 bits per heavy atom. The molecule has 0 aromatic carbocycles. The van der Waals surface area contributed by atoms with E-state index in [4.69, 9.17) is 5.26 Å². The molecule has 0 radical (unpaired) electrons. The van der Waals surface area contributed by atoms with Gasteiger partial charge in [0.05, 0.1) is 11.6 Å². The number of carbonyl (C=O) groups excluding carboxylic acids is 1. The van der Waals surface area contributed by atoms with E-state index in [0.29, 0.717) is 6.20 Å². The molecule has 1 amide bonds. The normalized spacial score (nSPS) is 10.8. The van der Waals surface area contributed by atoms with Crippen molar-refractivity contribution in [2.24, 2.45) is 0 Å². The zero-order chi connectivity index (χ0) is 13.1. The highest BCUT2D eigenvalue weighted by Crippen LogP contribution is 2.30. The summed E-state index contributed by atoms with van der Waals surface area (Å²) in [6.07, 6.45) is -4.85. The summed E-state index contributed by atoms with van der Waals surface area (Å²) in [7, 11) is 0. The minimum atomic E-state index is -4.71. The van der Waals surface area contributed by atoms with E-state index in [2.05, 4.69) is 4.98 Å². The fourth-order valence-corrected chi connectivity index (χ4v) is 0.933. The van der Waals surface area contributed by atoms with Gasteiger partial charge in [0.25, 0.3) is 0 Å². The predicted octanol–water partition coefficient (Wildman–Crippen LogP) is 2.09. The summed E-state index contributed by atoms with van der Waals surface area (Å²) in [5.41, 5.74) is -1.26. The number of rotatable bonds is 2. The van der Waals surface area contributed by atoms with Crippen LogP contribution in [0.1, 0.15) is 12.0 Å². The maximum atomic E-state index is 13.1. The molecule has 1 N–H and O–H groups in total. The van der Waals surface area contributed by atoms with E-state index in [1.54, 1.807) is 0 Å². The predicted molar refractivity (Wildman–Crippen MR) is 48.1 cm³/mol. The number of carbonyl (C=O) groups is 1. The number of nitrogens with zero attached hydrogens (tertiary/aromatic N) is 2. The Kier molecular flexibility index (Phi) is 3.62. The topological polar surface area (TPSA) is 65.8 Å². The van der Waals surface area contributed by atoms with Crippen molar-refractivity contribution < 1.29 is 22.4 Å². The standard InChI is InChI=1S/C9H5F4N3O/c10-6-3-5(9(11,12)13)4-15-8(6)16-7(17)1-2-14/h3-4H,1H2,(H,15,16,17). The van der Waals surface area contributed by atoms with Gasteiger partial charge in [-0.3, -0.25) is 4.79 Å². The second-order valence-electron chi connectivity index (χ2n) is 2.94. The SMILES string of the molecule is N#CCC(=O)Nc1ncc(C(F)(F)F)cc1F. The van der Waals surface area contributed by atoms with Gasteiger partial charge in [-0.15, -0.1) is 0 Å². The third-order valence-electron chi connectivity index (χ3n) is 1.67. The van der Waals surface area contributed by atoms with Gasteiger partial charge in [0.15, 0.2) is 11.6 Å². The van der Waals surface area contributed by atoms with Crippen LogP contribution in [0, 0.1) is 17.1 Å². The van der Waals surface area contributed by atoms with E-state index in [1.165, 1.54) is 6.07 Å². The first kappa shape index (κ1) is 12.9. The van der Waals surface area contributed by atoms with Crippen molar-refractivity contribution in [3.8, 4) is 6.07 Å². The van der Waals surface area contributed by atoms with Crippen LogP contribution in [-0.4, -0.2) is 10.9 Å². The van der Waals surface area contributed by atoms with Crippen molar-refractivity contribution in [3.05, 3.63) is 23.6 Å². The molecule has 8 heteroatoms. The van der Waals surface area contributed by atoms with Crippen LogP contribution in [0.15, 0.2) is 12.3 Å². The number of halogens is 4. The third kappa shape index (κ3) is 3.41. The third-order valence-corrected chi connectivity index (χ3v) is 1.67. The first-order chi connectivity index (χ1) is 7.84. The van der Waals surface area contributed by atoms with E-state index < -0.39 is 35.7 Å². The Bertz CT molecular complexity index is 478. The Labute approximate surface area is 92.9 Å². The number of hydrogen-bond donors (Lipinski definition) is 1. The van der Waals surface area contributed by atoms with Crippen LogP contribution in [0.5, 0.6) is 0 Å². The van der Waals surface area contributed by atoms with Gasteiger partial charge in [-0.2, -0.15) is 18.4 Å². The van der Waals surface area contributed by atoms with E-state index in [9.17, 15) is 22.4 Å². The molecule has 0 saturated heterocycles. The van der Waals surface area contributed by atoms with Crippen molar-refractivity contribution in [2.75, 3.05) is 5.32 Å². The van der Waals surface area contributed by atoms with Gasteiger partial charge in [-0.25, -0.2) is 9.37 Å². The molecule has 0 aliphatic heterocycles. The largest absolute Gasteiger partial charge is 0.417 e. The lowest BCUT2D eigenvalue weighted by Crippen LogP contribution is -2.14. The van der Waals surface area contributed by atoms with Crippen molar-refractivity contribution >= 4 is 11.7 Å². The summed E-state index contributed by atoms with van der Waals surface area (Å²) >= 11 is 0. The second kappa shape index (κ2) is 4.78. The van der Waals surface area contributed by atoms with Crippen LogP contribution in [0.25, 0.3) is 0 Å². The van der Waals surface area contributed by atoms with Crippen molar-refractivity contribution in [1.82, 2.24) is 4.98 Å². The second-order valence-corrected chi connectivity index (χ2v) is 2.94. The Balaban J connectivity index is 2.92. The summed E-state index contributed by atoms with van der Waals surface area (Å²) in [4.78, 5) is 14.0. The molecule has 0 atom stereocenters. The highest BCUT2D eigenvalue weighted by Gasteiger charge is 2.32. The van der Waals surface area contributed by atoms with Gasteiger partial charge >= 0.3 is 6.18 Å².